The third kappa shape index (κ3) is 8.80. The topological polar surface area (TPSA) is 116 Å². The predicted octanol–water partition coefficient (Wildman–Crippen LogP) is 2.18. The van der Waals surface area contributed by atoms with Crippen molar-refractivity contribution in [3.8, 4) is 0 Å². The lowest BCUT2D eigenvalue weighted by molar-refractivity contribution is -0.137. The second-order valence-electron chi connectivity index (χ2n) is 10.7. The van der Waals surface area contributed by atoms with Crippen LogP contribution >= 0.6 is 0 Å². The maximum Gasteiger partial charge on any atom is 0.243 e. The average molecular weight is 475 g/mol. The Kier molecular flexibility index (Phi) is 10.7. The van der Waals surface area contributed by atoms with Crippen molar-refractivity contribution in [1.82, 2.24) is 21.3 Å². The van der Waals surface area contributed by atoms with Crippen LogP contribution in [0, 0.1) is 16.7 Å². The molecule has 2 atom stereocenters. The molecule has 0 spiro atoms. The molecular formula is C26H42N4O4. The van der Waals surface area contributed by atoms with Crippen molar-refractivity contribution in [2.45, 2.75) is 73.4 Å². The highest BCUT2D eigenvalue weighted by Gasteiger charge is 2.39. The van der Waals surface area contributed by atoms with Crippen molar-refractivity contribution in [2.24, 2.45) is 16.7 Å². The second-order valence-corrected chi connectivity index (χ2v) is 10.7. The van der Waals surface area contributed by atoms with E-state index in [0.717, 1.165) is 5.56 Å². The summed E-state index contributed by atoms with van der Waals surface area (Å²) in [5.41, 5.74) is -0.124. The van der Waals surface area contributed by atoms with Gasteiger partial charge in [0.25, 0.3) is 0 Å². The number of amides is 4. The summed E-state index contributed by atoms with van der Waals surface area (Å²) < 4.78 is 0. The van der Waals surface area contributed by atoms with Gasteiger partial charge in [0.15, 0.2) is 0 Å². The molecule has 0 aliphatic rings. The van der Waals surface area contributed by atoms with E-state index in [2.05, 4.69) is 21.3 Å². The summed E-state index contributed by atoms with van der Waals surface area (Å²) in [6.45, 7) is 13.2. The van der Waals surface area contributed by atoms with Crippen LogP contribution < -0.4 is 21.3 Å². The Bertz CT molecular complexity index is 844. The first-order valence-electron chi connectivity index (χ1n) is 11.8. The van der Waals surface area contributed by atoms with Gasteiger partial charge < -0.3 is 21.3 Å². The summed E-state index contributed by atoms with van der Waals surface area (Å²) in [5, 5.41) is 10.8. The summed E-state index contributed by atoms with van der Waals surface area (Å²) in [5.74, 6) is -1.27. The highest BCUT2D eigenvalue weighted by Crippen LogP contribution is 2.37. The van der Waals surface area contributed by atoms with Crippen LogP contribution in [0.3, 0.4) is 0 Å². The van der Waals surface area contributed by atoms with Crippen LogP contribution in [0.1, 0.15) is 60.5 Å². The molecule has 0 radical (unpaired) electrons. The molecule has 0 heterocycles. The first kappa shape index (κ1) is 29.1. The van der Waals surface area contributed by atoms with Crippen LogP contribution in [0.2, 0.25) is 0 Å². The number of carbonyl (C=O) groups is 4. The molecule has 0 aliphatic carbocycles. The number of rotatable bonds is 11. The van der Waals surface area contributed by atoms with Crippen molar-refractivity contribution in [3.63, 3.8) is 0 Å². The monoisotopic (exact) mass is 474 g/mol. The normalized spacial score (nSPS) is 13.6. The predicted molar refractivity (Wildman–Crippen MR) is 134 cm³/mol. The Morgan fingerprint density at radius 3 is 1.94 bits per heavy atom. The third-order valence-electron chi connectivity index (χ3n) is 6.37. The van der Waals surface area contributed by atoms with Gasteiger partial charge in [-0.05, 0) is 23.3 Å². The molecular weight excluding hydrogens is 432 g/mol. The maximum absolute atomic E-state index is 13.1. The van der Waals surface area contributed by atoms with Crippen molar-refractivity contribution in [3.05, 3.63) is 35.9 Å². The lowest BCUT2D eigenvalue weighted by Gasteiger charge is -2.37. The molecule has 1 aromatic rings. The van der Waals surface area contributed by atoms with E-state index < -0.39 is 29.3 Å². The SMILES string of the molecule is CNC(=O)C(CC(C)C)NC(=O)C(Cc1ccccc1)NC(=O)CNC(=O)C(C)(C)C(C)(C)C. The molecule has 0 saturated heterocycles. The molecule has 1 aromatic carbocycles. The van der Waals surface area contributed by atoms with Gasteiger partial charge in [-0.3, -0.25) is 19.2 Å². The molecule has 0 aromatic heterocycles. The van der Waals surface area contributed by atoms with Gasteiger partial charge in [-0.1, -0.05) is 78.8 Å². The van der Waals surface area contributed by atoms with Gasteiger partial charge in [-0.2, -0.15) is 0 Å². The zero-order valence-corrected chi connectivity index (χ0v) is 21.9. The van der Waals surface area contributed by atoms with E-state index in [4.69, 9.17) is 0 Å². The first-order chi connectivity index (χ1) is 15.7. The van der Waals surface area contributed by atoms with E-state index in [1.54, 1.807) is 0 Å². The van der Waals surface area contributed by atoms with Crippen molar-refractivity contribution in [1.29, 1.82) is 0 Å². The molecule has 4 N–H and O–H groups in total. The molecule has 190 valence electrons. The zero-order chi connectivity index (χ0) is 26.1. The van der Waals surface area contributed by atoms with Gasteiger partial charge in [-0.25, -0.2) is 0 Å². The zero-order valence-electron chi connectivity index (χ0n) is 21.9. The van der Waals surface area contributed by atoms with Crippen molar-refractivity contribution < 1.29 is 19.2 Å². The van der Waals surface area contributed by atoms with Crippen LogP contribution in [0.5, 0.6) is 0 Å². The summed E-state index contributed by atoms with van der Waals surface area (Å²) in [7, 11) is 1.52. The lowest BCUT2D eigenvalue weighted by atomic mass is 9.69. The number of likely N-dealkylation sites (N-methyl/N-ethyl adjacent to an activating group) is 1. The minimum atomic E-state index is -0.901. The minimum Gasteiger partial charge on any atom is -0.357 e. The molecule has 0 aliphatic heterocycles. The van der Waals surface area contributed by atoms with Gasteiger partial charge >= 0.3 is 0 Å². The highest BCUT2D eigenvalue weighted by atomic mass is 16.2. The standard InChI is InChI=1S/C26H42N4O4/c1-17(2)14-19(22(32)27-8)30-23(33)20(15-18-12-10-9-11-13-18)29-21(31)16-28-24(34)26(6,7)25(3,4)5/h9-13,17,19-20H,14-16H2,1-8H3,(H,27,32)(H,28,34)(H,29,31)(H,30,33). The second kappa shape index (κ2) is 12.5. The Balaban J connectivity index is 2.95. The molecule has 0 bridgehead atoms. The molecule has 8 heteroatoms. The van der Waals surface area contributed by atoms with Crippen molar-refractivity contribution >= 4 is 23.6 Å². The van der Waals surface area contributed by atoms with E-state index in [1.165, 1.54) is 7.05 Å². The largest absolute Gasteiger partial charge is 0.357 e. The Hall–Kier alpha value is -2.90. The Morgan fingerprint density at radius 2 is 1.44 bits per heavy atom. The maximum atomic E-state index is 13.1. The van der Waals surface area contributed by atoms with Gasteiger partial charge in [-0.15, -0.1) is 0 Å². The van der Waals surface area contributed by atoms with Crippen LogP contribution in [-0.2, 0) is 25.6 Å². The number of hydrogen-bond acceptors (Lipinski definition) is 4. The molecule has 8 nitrogen and oxygen atoms in total. The Morgan fingerprint density at radius 1 is 0.853 bits per heavy atom. The first-order valence-corrected chi connectivity index (χ1v) is 11.8. The summed E-state index contributed by atoms with van der Waals surface area (Å²) in [6, 6.07) is 7.70. The van der Waals surface area contributed by atoms with E-state index >= 15 is 0 Å². The fourth-order valence-corrected chi connectivity index (χ4v) is 3.18. The van der Waals surface area contributed by atoms with Gasteiger partial charge in [0.2, 0.25) is 23.6 Å². The van der Waals surface area contributed by atoms with E-state index in [-0.39, 0.29) is 36.1 Å². The summed E-state index contributed by atoms with van der Waals surface area (Å²) in [6.07, 6.45) is 0.720. The quantitative estimate of drug-likeness (QED) is 0.393. The molecule has 34 heavy (non-hydrogen) atoms. The number of carbonyl (C=O) groups excluding carboxylic acids is 4. The molecule has 0 saturated carbocycles. The smallest absolute Gasteiger partial charge is 0.243 e. The number of hydrogen-bond donors (Lipinski definition) is 4. The van der Waals surface area contributed by atoms with Crippen LogP contribution in [-0.4, -0.2) is 49.3 Å². The van der Waals surface area contributed by atoms with Crippen LogP contribution in [0.25, 0.3) is 0 Å². The Labute approximate surface area is 204 Å². The fourth-order valence-electron chi connectivity index (χ4n) is 3.18. The molecule has 1 rings (SSSR count). The number of nitrogens with one attached hydrogen (secondary N) is 4. The van der Waals surface area contributed by atoms with Crippen molar-refractivity contribution in [2.75, 3.05) is 13.6 Å². The lowest BCUT2D eigenvalue weighted by Crippen LogP contribution is -2.56. The number of benzene rings is 1. The summed E-state index contributed by atoms with van der Waals surface area (Å²) in [4.78, 5) is 50.8. The summed E-state index contributed by atoms with van der Waals surface area (Å²) >= 11 is 0. The van der Waals surface area contributed by atoms with Crippen LogP contribution in [0.4, 0.5) is 0 Å². The fraction of sp³-hybridized carbons (Fsp3) is 0.615. The van der Waals surface area contributed by atoms with E-state index in [0.29, 0.717) is 6.42 Å². The van der Waals surface area contributed by atoms with Gasteiger partial charge in [0.05, 0.1) is 6.54 Å². The molecule has 4 amide bonds. The minimum absolute atomic E-state index is 0.186. The van der Waals surface area contributed by atoms with E-state index in [9.17, 15) is 19.2 Å². The van der Waals surface area contributed by atoms with Gasteiger partial charge in [0.1, 0.15) is 12.1 Å². The third-order valence-corrected chi connectivity index (χ3v) is 6.37. The van der Waals surface area contributed by atoms with E-state index in [1.807, 2.05) is 78.8 Å². The highest BCUT2D eigenvalue weighted by molar-refractivity contribution is 5.93. The molecule has 0 fully saturated rings. The van der Waals surface area contributed by atoms with Gasteiger partial charge in [0, 0.05) is 18.9 Å². The molecule has 2 unspecified atom stereocenters. The average Bonchev–Trinajstić information content (AvgIpc) is 2.75. The van der Waals surface area contributed by atoms with Crippen LogP contribution in [0.15, 0.2) is 30.3 Å².